The number of rotatable bonds is 5. The van der Waals surface area contributed by atoms with Gasteiger partial charge >= 0.3 is 0 Å². The molecule has 0 rings (SSSR count). The van der Waals surface area contributed by atoms with Crippen LogP contribution in [0.3, 0.4) is 0 Å². The van der Waals surface area contributed by atoms with Crippen molar-refractivity contribution in [3.63, 3.8) is 0 Å². The van der Waals surface area contributed by atoms with Crippen molar-refractivity contribution in [3.8, 4) is 0 Å². The van der Waals surface area contributed by atoms with E-state index >= 15 is 0 Å². The third kappa shape index (κ3) is 5.27. The summed E-state index contributed by atoms with van der Waals surface area (Å²) in [5, 5.41) is 0.0230. The first-order valence-electron chi connectivity index (χ1n) is 3.44. The summed E-state index contributed by atoms with van der Waals surface area (Å²) in [4.78, 5) is 11.1. The van der Waals surface area contributed by atoms with Gasteiger partial charge in [0, 0.05) is 11.0 Å². The first-order valence-corrected chi connectivity index (χ1v) is 5.30. The van der Waals surface area contributed by atoms with Crippen LogP contribution in [0.25, 0.3) is 0 Å². The number of carbonyl (C=O) groups is 1. The minimum atomic E-state index is 0.0230. The molecule has 1 nitrogen and oxygen atoms in total. The van der Waals surface area contributed by atoms with E-state index in [4.69, 9.17) is 0 Å². The number of carbonyl (C=O) groups excluding carboxylic acids is 1. The molecule has 0 atom stereocenters. The van der Waals surface area contributed by atoms with Crippen LogP contribution in [-0.2, 0) is 0 Å². The van der Waals surface area contributed by atoms with Crippen molar-refractivity contribution in [1.82, 2.24) is 0 Å². The molecule has 0 saturated carbocycles. The second-order valence-electron chi connectivity index (χ2n) is 1.90. The molecule has 3 heteroatoms. The van der Waals surface area contributed by atoms with Crippen molar-refractivity contribution in [2.75, 3.05) is 5.75 Å². The molecule has 0 aliphatic heterocycles. The normalized spacial score (nSPS) is 9.42. The molecular formula is C9H12OS2. The molecule has 0 heterocycles. The largest absolute Gasteiger partial charge is 0.274 e. The fourth-order valence-electron chi connectivity index (χ4n) is 0.465. The summed E-state index contributed by atoms with van der Waals surface area (Å²) in [6.45, 7) is 10.7. The second-order valence-corrected chi connectivity index (χ2v) is 4.31. The van der Waals surface area contributed by atoms with Gasteiger partial charge in [0.15, 0.2) is 0 Å². The maximum Gasteiger partial charge on any atom is 0.247 e. The predicted octanol–water partition coefficient (Wildman–Crippen LogP) is 3.50. The summed E-state index contributed by atoms with van der Waals surface area (Å²) in [7, 11) is 0. The molecular weight excluding hydrogens is 188 g/mol. The van der Waals surface area contributed by atoms with E-state index in [0.29, 0.717) is 5.75 Å². The van der Waals surface area contributed by atoms with Gasteiger partial charge in [-0.3, -0.25) is 4.79 Å². The molecule has 0 N–H and O–H groups in total. The van der Waals surface area contributed by atoms with Crippen LogP contribution < -0.4 is 0 Å². The predicted molar refractivity (Wildman–Crippen MR) is 59.8 cm³/mol. The lowest BCUT2D eigenvalue weighted by molar-refractivity contribution is 0.276. The first kappa shape index (κ1) is 11.6. The van der Waals surface area contributed by atoms with Gasteiger partial charge in [-0.15, -0.1) is 19.7 Å². The Hall–Kier alpha value is -0.410. The Bertz CT molecular complexity index is 179. The molecule has 0 bridgehead atoms. The second kappa shape index (κ2) is 7.25. The van der Waals surface area contributed by atoms with Gasteiger partial charge in [-0.2, -0.15) is 0 Å². The van der Waals surface area contributed by atoms with E-state index < -0.39 is 0 Å². The molecule has 0 spiro atoms. The number of thioether (sulfide) groups is 2. The van der Waals surface area contributed by atoms with Crippen LogP contribution in [0.5, 0.6) is 0 Å². The highest BCUT2D eigenvalue weighted by Gasteiger charge is 2.07. The van der Waals surface area contributed by atoms with E-state index in [-0.39, 0.29) is 9.70 Å². The van der Waals surface area contributed by atoms with E-state index in [2.05, 4.69) is 19.7 Å². The number of hydrogen-bond acceptors (Lipinski definition) is 3. The zero-order chi connectivity index (χ0) is 9.40. The molecule has 12 heavy (non-hydrogen) atoms. The van der Waals surface area contributed by atoms with Crippen molar-refractivity contribution in [2.45, 2.75) is 5.25 Å². The Morgan fingerprint density at radius 3 is 2.33 bits per heavy atom. The quantitative estimate of drug-likeness (QED) is 0.632. The molecule has 0 aromatic heterocycles. The SMILES string of the molecule is C=CCSC(=O)SC(C=C)C=C. The summed E-state index contributed by atoms with van der Waals surface area (Å²) in [6, 6.07) is 0. The summed E-state index contributed by atoms with van der Waals surface area (Å²) in [5.74, 6) is 0.660. The van der Waals surface area contributed by atoms with Crippen LogP contribution >= 0.6 is 23.5 Å². The van der Waals surface area contributed by atoms with E-state index in [1.165, 1.54) is 23.5 Å². The van der Waals surface area contributed by atoms with Gasteiger partial charge in [0.1, 0.15) is 0 Å². The minimum absolute atomic E-state index is 0.0230. The molecule has 0 fully saturated rings. The minimum Gasteiger partial charge on any atom is -0.274 e. The van der Waals surface area contributed by atoms with Crippen molar-refractivity contribution in [1.29, 1.82) is 0 Å². The smallest absolute Gasteiger partial charge is 0.247 e. The molecule has 0 aliphatic rings. The molecule has 0 aromatic carbocycles. The highest BCUT2D eigenvalue weighted by atomic mass is 32.2. The summed E-state index contributed by atoms with van der Waals surface area (Å²) >= 11 is 2.47. The van der Waals surface area contributed by atoms with Crippen molar-refractivity contribution in [3.05, 3.63) is 38.0 Å². The van der Waals surface area contributed by atoms with Crippen LogP contribution in [0.2, 0.25) is 0 Å². The van der Waals surface area contributed by atoms with Gasteiger partial charge in [0.2, 0.25) is 4.45 Å². The Balaban J connectivity index is 3.73. The van der Waals surface area contributed by atoms with Gasteiger partial charge in [0.05, 0.1) is 0 Å². The lowest BCUT2D eigenvalue weighted by atomic mass is 10.4. The van der Waals surface area contributed by atoms with Crippen LogP contribution in [0.1, 0.15) is 0 Å². The van der Waals surface area contributed by atoms with Crippen LogP contribution in [0, 0.1) is 0 Å². The zero-order valence-corrected chi connectivity index (χ0v) is 8.50. The molecule has 0 amide bonds. The molecule has 0 radical (unpaired) electrons. The van der Waals surface area contributed by atoms with Gasteiger partial charge in [-0.1, -0.05) is 41.8 Å². The Morgan fingerprint density at radius 2 is 1.92 bits per heavy atom. The van der Waals surface area contributed by atoms with Crippen molar-refractivity contribution in [2.24, 2.45) is 0 Å². The Morgan fingerprint density at radius 1 is 1.33 bits per heavy atom. The third-order valence-corrected chi connectivity index (χ3v) is 3.15. The van der Waals surface area contributed by atoms with E-state index in [1.807, 2.05) is 0 Å². The zero-order valence-electron chi connectivity index (χ0n) is 6.86. The average molecular weight is 200 g/mol. The fraction of sp³-hybridized carbons (Fsp3) is 0.222. The van der Waals surface area contributed by atoms with Crippen LogP contribution in [0.15, 0.2) is 38.0 Å². The third-order valence-electron chi connectivity index (χ3n) is 1.02. The van der Waals surface area contributed by atoms with Crippen LogP contribution in [0.4, 0.5) is 4.79 Å². The Kier molecular flexibility index (Phi) is 7.00. The lowest BCUT2D eigenvalue weighted by Crippen LogP contribution is -1.95. The maximum absolute atomic E-state index is 11.1. The molecule has 66 valence electrons. The van der Waals surface area contributed by atoms with Crippen LogP contribution in [-0.4, -0.2) is 15.5 Å². The van der Waals surface area contributed by atoms with Crippen molar-refractivity contribution >= 4 is 28.0 Å². The summed E-state index contributed by atoms with van der Waals surface area (Å²) < 4.78 is 0.0831. The lowest BCUT2D eigenvalue weighted by Gasteiger charge is -2.02. The summed E-state index contributed by atoms with van der Waals surface area (Å²) in [5.41, 5.74) is 0. The topological polar surface area (TPSA) is 17.1 Å². The van der Waals surface area contributed by atoms with Crippen molar-refractivity contribution < 1.29 is 4.79 Å². The number of hydrogen-bond donors (Lipinski definition) is 0. The maximum atomic E-state index is 11.1. The van der Waals surface area contributed by atoms with E-state index in [1.54, 1.807) is 18.2 Å². The molecule has 0 unspecified atom stereocenters. The highest BCUT2D eigenvalue weighted by molar-refractivity contribution is 8.38. The Labute approximate surface area is 82.0 Å². The highest BCUT2D eigenvalue weighted by Crippen LogP contribution is 2.22. The van der Waals surface area contributed by atoms with E-state index in [9.17, 15) is 4.79 Å². The van der Waals surface area contributed by atoms with Gasteiger partial charge < -0.3 is 0 Å². The van der Waals surface area contributed by atoms with Gasteiger partial charge in [-0.25, -0.2) is 0 Å². The molecule has 0 aromatic rings. The average Bonchev–Trinajstić information content (AvgIpc) is 2.10. The first-order chi connectivity index (χ1) is 5.74. The standard InChI is InChI=1S/C9H12OS2/c1-4-7-11-9(10)12-8(5-2)6-3/h4-6,8H,1-3,7H2. The van der Waals surface area contributed by atoms with E-state index in [0.717, 1.165) is 0 Å². The van der Waals surface area contributed by atoms with Gasteiger partial charge in [-0.05, 0) is 0 Å². The summed E-state index contributed by atoms with van der Waals surface area (Å²) in [6.07, 6.45) is 5.11. The molecule has 0 aliphatic carbocycles. The fourth-order valence-corrected chi connectivity index (χ4v) is 1.94. The molecule has 0 saturated heterocycles. The van der Waals surface area contributed by atoms with Gasteiger partial charge in [0.25, 0.3) is 0 Å². The monoisotopic (exact) mass is 200 g/mol.